The van der Waals surface area contributed by atoms with Gasteiger partial charge in [-0.2, -0.15) is 33.2 Å². The molecular formula is C10H14F3N8+. The van der Waals surface area contributed by atoms with Gasteiger partial charge in [0, 0.05) is 6.20 Å². The van der Waals surface area contributed by atoms with Gasteiger partial charge < -0.3 is 5.73 Å². The maximum atomic E-state index is 12.5. The minimum atomic E-state index is -4.53. The number of hydrogen-bond acceptors (Lipinski definition) is 6. The molecule has 0 aliphatic heterocycles. The van der Waals surface area contributed by atoms with Crippen molar-refractivity contribution < 1.29 is 17.8 Å². The quantitative estimate of drug-likeness (QED) is 0.640. The van der Waals surface area contributed by atoms with Gasteiger partial charge in [0.25, 0.3) is 11.9 Å². The SMILES string of the molecule is C[N+](C)(C)Nc1nc(N)nc(-n2ccc(C(F)(F)F)n2)n1. The summed E-state index contributed by atoms with van der Waals surface area (Å²) in [6.45, 7) is 0. The Morgan fingerprint density at radius 2 is 1.86 bits per heavy atom. The fourth-order valence-electron chi connectivity index (χ4n) is 1.42. The number of nitrogens with one attached hydrogen (secondary N) is 1. The summed E-state index contributed by atoms with van der Waals surface area (Å²) in [7, 11) is 5.44. The number of rotatable bonds is 3. The summed E-state index contributed by atoms with van der Waals surface area (Å²) in [6.07, 6.45) is -3.43. The van der Waals surface area contributed by atoms with Crippen molar-refractivity contribution in [2.75, 3.05) is 32.3 Å². The largest absolute Gasteiger partial charge is 0.435 e. The highest BCUT2D eigenvalue weighted by Crippen LogP contribution is 2.27. The zero-order chi connectivity index (χ0) is 15.8. The molecule has 2 aromatic heterocycles. The molecular weight excluding hydrogens is 289 g/mol. The third-order valence-corrected chi connectivity index (χ3v) is 2.16. The first-order valence-corrected chi connectivity index (χ1v) is 5.79. The second-order valence-electron chi connectivity index (χ2n) is 5.08. The monoisotopic (exact) mass is 303 g/mol. The number of aromatic nitrogens is 5. The van der Waals surface area contributed by atoms with Crippen molar-refractivity contribution in [3.05, 3.63) is 18.0 Å². The summed E-state index contributed by atoms with van der Waals surface area (Å²) in [4.78, 5) is 11.6. The van der Waals surface area contributed by atoms with Crippen molar-refractivity contribution in [1.29, 1.82) is 0 Å². The molecule has 11 heteroatoms. The van der Waals surface area contributed by atoms with Crippen molar-refractivity contribution >= 4 is 11.9 Å². The molecule has 0 aliphatic carbocycles. The van der Waals surface area contributed by atoms with E-state index >= 15 is 0 Å². The lowest BCUT2D eigenvalue weighted by Crippen LogP contribution is -2.41. The van der Waals surface area contributed by atoms with Crippen LogP contribution in [0.3, 0.4) is 0 Å². The molecule has 0 atom stereocenters. The van der Waals surface area contributed by atoms with E-state index in [0.29, 0.717) is 0 Å². The fourth-order valence-corrected chi connectivity index (χ4v) is 1.42. The third kappa shape index (κ3) is 3.78. The Hall–Kier alpha value is -2.43. The molecule has 21 heavy (non-hydrogen) atoms. The number of halogens is 3. The highest BCUT2D eigenvalue weighted by Gasteiger charge is 2.33. The Morgan fingerprint density at radius 1 is 1.19 bits per heavy atom. The molecule has 2 rings (SSSR count). The van der Waals surface area contributed by atoms with E-state index in [0.717, 1.165) is 16.9 Å². The van der Waals surface area contributed by atoms with Crippen molar-refractivity contribution in [3.63, 3.8) is 0 Å². The van der Waals surface area contributed by atoms with Crippen LogP contribution in [0.1, 0.15) is 5.69 Å². The van der Waals surface area contributed by atoms with Crippen molar-refractivity contribution in [3.8, 4) is 5.95 Å². The molecule has 3 N–H and O–H groups in total. The highest BCUT2D eigenvalue weighted by atomic mass is 19.4. The van der Waals surface area contributed by atoms with Gasteiger partial charge in [-0.25, -0.2) is 14.7 Å². The Morgan fingerprint density at radius 3 is 2.38 bits per heavy atom. The summed E-state index contributed by atoms with van der Waals surface area (Å²) < 4.78 is 38.8. The van der Waals surface area contributed by atoms with Crippen LogP contribution in [0.5, 0.6) is 0 Å². The zero-order valence-corrected chi connectivity index (χ0v) is 11.5. The average molecular weight is 303 g/mol. The number of nitrogen functional groups attached to an aromatic ring is 1. The van der Waals surface area contributed by atoms with Crippen LogP contribution in [0.25, 0.3) is 5.95 Å². The number of anilines is 2. The average Bonchev–Trinajstić information content (AvgIpc) is 2.73. The first-order valence-electron chi connectivity index (χ1n) is 5.79. The molecule has 0 aromatic carbocycles. The predicted molar refractivity (Wildman–Crippen MR) is 68.0 cm³/mol. The second-order valence-corrected chi connectivity index (χ2v) is 5.08. The van der Waals surface area contributed by atoms with E-state index in [9.17, 15) is 13.2 Å². The Kier molecular flexibility index (Phi) is 3.45. The molecule has 0 unspecified atom stereocenters. The van der Waals surface area contributed by atoms with Gasteiger partial charge >= 0.3 is 6.18 Å². The smallest absolute Gasteiger partial charge is 0.368 e. The van der Waals surface area contributed by atoms with Crippen LogP contribution in [0.4, 0.5) is 25.1 Å². The topological polar surface area (TPSA) is 94.5 Å². The van der Waals surface area contributed by atoms with Gasteiger partial charge in [0.2, 0.25) is 5.95 Å². The standard InChI is InChI=1S/C10H14F3N8/c1-21(2,3)19-8-15-7(14)16-9(17-8)20-5-4-6(18-20)10(11,12)13/h4-5H,1-3H3,(H3,14,15,16,17,19)/q+1. The first-order chi connectivity index (χ1) is 9.54. The normalized spacial score (nSPS) is 12.5. The Labute approximate surface area is 118 Å². The molecule has 0 aliphatic rings. The zero-order valence-electron chi connectivity index (χ0n) is 11.5. The molecule has 0 amide bonds. The number of alkyl halides is 3. The lowest BCUT2D eigenvalue weighted by atomic mass is 10.4. The molecule has 2 aromatic rings. The molecule has 114 valence electrons. The van der Waals surface area contributed by atoms with E-state index in [4.69, 9.17) is 5.73 Å². The van der Waals surface area contributed by atoms with Crippen LogP contribution < -0.4 is 11.2 Å². The summed E-state index contributed by atoms with van der Waals surface area (Å²) in [6, 6.07) is 0.826. The van der Waals surface area contributed by atoms with Gasteiger partial charge in [0.05, 0.1) is 21.1 Å². The minimum absolute atomic E-state index is 0.103. The fraction of sp³-hybridized carbons (Fsp3) is 0.400. The summed E-state index contributed by atoms with van der Waals surface area (Å²) in [5, 5.41) is 3.38. The van der Waals surface area contributed by atoms with E-state index in [1.165, 1.54) is 0 Å². The van der Waals surface area contributed by atoms with Gasteiger partial charge in [0.1, 0.15) is 0 Å². The molecule has 8 nitrogen and oxygen atoms in total. The van der Waals surface area contributed by atoms with E-state index in [-0.39, 0.29) is 22.4 Å². The van der Waals surface area contributed by atoms with Crippen LogP contribution >= 0.6 is 0 Å². The van der Waals surface area contributed by atoms with E-state index in [2.05, 4.69) is 25.5 Å². The van der Waals surface area contributed by atoms with Gasteiger partial charge in [-0.3, -0.25) is 0 Å². The summed E-state index contributed by atoms with van der Waals surface area (Å²) in [5.74, 6) is -0.0944. The lowest BCUT2D eigenvalue weighted by Gasteiger charge is -2.23. The first kappa shape index (κ1) is 15.0. The van der Waals surface area contributed by atoms with Gasteiger partial charge in [-0.05, 0) is 6.07 Å². The molecule has 0 spiro atoms. The van der Waals surface area contributed by atoms with Gasteiger partial charge in [-0.1, -0.05) is 0 Å². The minimum Gasteiger partial charge on any atom is -0.368 e. The van der Waals surface area contributed by atoms with Gasteiger partial charge in [-0.15, -0.1) is 0 Å². The predicted octanol–water partition coefficient (Wildman–Crippen LogP) is 0.691. The molecule has 0 bridgehead atoms. The molecule has 0 fully saturated rings. The maximum absolute atomic E-state index is 12.5. The number of quaternary nitrogens is 1. The summed E-state index contributed by atoms with van der Waals surface area (Å²) >= 11 is 0. The van der Waals surface area contributed by atoms with E-state index < -0.39 is 11.9 Å². The molecule has 0 saturated heterocycles. The number of hydrogen-bond donors (Lipinski definition) is 2. The van der Waals surface area contributed by atoms with Crippen molar-refractivity contribution in [1.82, 2.24) is 24.7 Å². The maximum Gasteiger partial charge on any atom is 0.435 e. The second kappa shape index (κ2) is 4.84. The van der Waals surface area contributed by atoms with Gasteiger partial charge in [0.15, 0.2) is 5.69 Å². The van der Waals surface area contributed by atoms with Crippen LogP contribution in [0.15, 0.2) is 12.3 Å². The molecule has 0 radical (unpaired) electrons. The van der Waals surface area contributed by atoms with Crippen LogP contribution in [0.2, 0.25) is 0 Å². The number of nitrogens with two attached hydrogens (primary N) is 1. The van der Waals surface area contributed by atoms with Crippen molar-refractivity contribution in [2.45, 2.75) is 6.18 Å². The Bertz CT molecular complexity index is 642. The van der Waals surface area contributed by atoms with Crippen LogP contribution in [-0.2, 0) is 6.18 Å². The summed E-state index contributed by atoms with van der Waals surface area (Å²) in [5.41, 5.74) is 7.40. The van der Waals surface area contributed by atoms with E-state index in [1.54, 1.807) is 0 Å². The van der Waals surface area contributed by atoms with Crippen molar-refractivity contribution in [2.24, 2.45) is 0 Å². The Balaban J connectivity index is 2.38. The lowest BCUT2D eigenvalue weighted by molar-refractivity contribution is -0.848. The molecule has 0 saturated carbocycles. The molecule has 2 heterocycles. The van der Waals surface area contributed by atoms with Crippen LogP contribution in [0, 0.1) is 0 Å². The van der Waals surface area contributed by atoms with E-state index in [1.807, 2.05) is 21.1 Å². The number of nitrogens with zero attached hydrogens (tertiary/aromatic N) is 6. The highest BCUT2D eigenvalue weighted by molar-refractivity contribution is 5.33. The van der Waals surface area contributed by atoms with Crippen LogP contribution in [-0.4, -0.2) is 50.5 Å². The third-order valence-electron chi connectivity index (χ3n) is 2.16.